The summed E-state index contributed by atoms with van der Waals surface area (Å²) in [5, 5.41) is 32.0. The normalized spacial score (nSPS) is 15.9. The van der Waals surface area contributed by atoms with Crippen LogP contribution in [0.15, 0.2) is 158 Å². The summed E-state index contributed by atoms with van der Waals surface area (Å²) < 4.78 is 0. The van der Waals surface area contributed by atoms with Crippen LogP contribution < -0.4 is 0 Å². The lowest BCUT2D eigenvalue weighted by molar-refractivity contribution is 0.473. The van der Waals surface area contributed by atoms with Crippen molar-refractivity contribution in [3.63, 3.8) is 0 Å². The maximum Gasteiger partial charge on any atom is 0.115 e. The predicted molar refractivity (Wildman–Crippen MR) is 231 cm³/mol. The van der Waals surface area contributed by atoms with E-state index in [2.05, 4.69) is 113 Å². The Bertz CT molecular complexity index is 2220. The fourth-order valence-corrected chi connectivity index (χ4v) is 8.67. The number of hydrogen-bond donors (Lipinski definition) is 3. The van der Waals surface area contributed by atoms with E-state index in [0.29, 0.717) is 23.5 Å². The van der Waals surface area contributed by atoms with Gasteiger partial charge in [-0.3, -0.25) is 0 Å². The van der Waals surface area contributed by atoms with Crippen LogP contribution in [0.4, 0.5) is 0 Å². The minimum absolute atomic E-state index is 0.249. The van der Waals surface area contributed by atoms with E-state index < -0.39 is 5.41 Å². The molecule has 9 rings (SSSR count). The maximum atomic E-state index is 9.85. The molecule has 3 atom stereocenters. The molecule has 0 spiro atoms. The van der Waals surface area contributed by atoms with Crippen LogP contribution in [-0.2, 0) is 5.41 Å². The molecule has 55 heavy (non-hydrogen) atoms. The second kappa shape index (κ2) is 17.1. The van der Waals surface area contributed by atoms with Gasteiger partial charge in [-0.15, -0.1) is 0 Å². The third-order valence-electron chi connectivity index (χ3n) is 11.1. The molecule has 0 aromatic heterocycles. The highest BCUT2D eigenvalue weighted by Crippen LogP contribution is 2.56. The van der Waals surface area contributed by atoms with E-state index in [0.717, 1.165) is 17.5 Å². The van der Waals surface area contributed by atoms with E-state index >= 15 is 0 Å². The van der Waals surface area contributed by atoms with Gasteiger partial charge in [0.05, 0.1) is 5.41 Å². The highest BCUT2D eigenvalue weighted by molar-refractivity contribution is 5.92. The molecular weight excluding hydrogens is 673 g/mol. The fourth-order valence-electron chi connectivity index (χ4n) is 8.67. The lowest BCUT2D eigenvalue weighted by Gasteiger charge is -2.33. The third kappa shape index (κ3) is 7.36. The Morgan fingerprint density at radius 1 is 0.527 bits per heavy atom. The van der Waals surface area contributed by atoms with E-state index in [1.54, 1.807) is 36.4 Å². The zero-order valence-corrected chi connectivity index (χ0v) is 33.0. The van der Waals surface area contributed by atoms with Crippen LogP contribution in [0, 0.1) is 0 Å². The SMILES string of the molecule is CC.CC(CC1c2cccc3cccc(c23)C1C)c1ccc(O)cc1.CCC.Oc1ccc(C2(c3ccc(O)cc3)c3ccccc3-c3ccccc32)cc1. The first-order valence-electron chi connectivity index (χ1n) is 19.9. The first kappa shape index (κ1) is 38.9. The van der Waals surface area contributed by atoms with Crippen molar-refractivity contribution >= 4 is 10.8 Å². The molecule has 3 unspecified atom stereocenters. The van der Waals surface area contributed by atoms with Gasteiger partial charge >= 0.3 is 0 Å². The number of rotatable bonds is 5. The smallest absolute Gasteiger partial charge is 0.115 e. The van der Waals surface area contributed by atoms with Crippen molar-refractivity contribution in [1.82, 2.24) is 0 Å². The second-order valence-electron chi connectivity index (χ2n) is 14.6. The Morgan fingerprint density at radius 3 is 1.42 bits per heavy atom. The van der Waals surface area contributed by atoms with Gasteiger partial charge in [0, 0.05) is 0 Å². The Hall–Kier alpha value is -5.80. The molecule has 2 aliphatic rings. The number of hydrogen-bond acceptors (Lipinski definition) is 3. The number of phenols is 3. The molecule has 3 nitrogen and oxygen atoms in total. The van der Waals surface area contributed by atoms with Gasteiger partial charge in [-0.2, -0.15) is 0 Å². The average molecular weight is 727 g/mol. The van der Waals surface area contributed by atoms with Crippen LogP contribution in [0.5, 0.6) is 17.2 Å². The van der Waals surface area contributed by atoms with Crippen LogP contribution in [0.25, 0.3) is 21.9 Å². The van der Waals surface area contributed by atoms with Gasteiger partial charge in [0.1, 0.15) is 17.2 Å². The molecule has 0 radical (unpaired) electrons. The Labute approximate surface area is 327 Å². The maximum absolute atomic E-state index is 9.85. The molecule has 0 saturated carbocycles. The standard InChI is InChI=1S/C25H18O2.C22H22O.C3H8.C2H6/c26-19-13-9-17(10-14-19)25(18-11-15-20(27)16-12-18)23-7-3-1-5-21(23)22-6-2-4-8-24(22)25;1-14(16-9-11-18(23)12-10-16)13-21-15(2)19-7-3-5-17-6-4-8-20(21)22(17)19;1-3-2;1-2/h1-16,26-27H;3-12,14-15,21,23H,13H2,1-2H3;3H2,1-2H3;1-2H3. The minimum atomic E-state index is -0.491. The molecule has 7 aromatic rings. The molecule has 280 valence electrons. The molecule has 0 amide bonds. The second-order valence-corrected chi connectivity index (χ2v) is 14.6. The van der Waals surface area contributed by atoms with Gasteiger partial charge in [0.15, 0.2) is 0 Å². The molecule has 0 aliphatic heterocycles. The van der Waals surface area contributed by atoms with E-state index in [-0.39, 0.29) is 11.5 Å². The molecule has 0 bridgehead atoms. The van der Waals surface area contributed by atoms with Gasteiger partial charge < -0.3 is 15.3 Å². The van der Waals surface area contributed by atoms with E-state index in [4.69, 9.17) is 0 Å². The summed E-state index contributed by atoms with van der Waals surface area (Å²) >= 11 is 0. The molecule has 2 aliphatic carbocycles. The van der Waals surface area contributed by atoms with Crippen molar-refractivity contribution in [2.45, 2.75) is 77.6 Å². The highest BCUT2D eigenvalue weighted by Gasteiger charge is 2.45. The molecular formula is C52H54O3. The first-order valence-corrected chi connectivity index (χ1v) is 19.9. The summed E-state index contributed by atoms with van der Waals surface area (Å²) in [6.07, 6.45) is 2.39. The van der Waals surface area contributed by atoms with Crippen molar-refractivity contribution in [3.8, 4) is 28.4 Å². The summed E-state index contributed by atoms with van der Waals surface area (Å²) in [6.45, 7) is 12.9. The summed E-state index contributed by atoms with van der Waals surface area (Å²) in [4.78, 5) is 0. The van der Waals surface area contributed by atoms with Gasteiger partial charge in [-0.25, -0.2) is 0 Å². The zero-order chi connectivity index (χ0) is 39.1. The van der Waals surface area contributed by atoms with E-state index in [9.17, 15) is 15.3 Å². The van der Waals surface area contributed by atoms with Crippen LogP contribution in [0.1, 0.15) is 111 Å². The Balaban J connectivity index is 0.000000169. The molecule has 0 heterocycles. The van der Waals surface area contributed by atoms with Gasteiger partial charge in [-0.1, -0.05) is 169 Å². The lowest BCUT2D eigenvalue weighted by Crippen LogP contribution is -2.28. The largest absolute Gasteiger partial charge is 0.508 e. The first-order chi connectivity index (χ1) is 26.8. The van der Waals surface area contributed by atoms with Crippen LogP contribution in [-0.4, -0.2) is 15.3 Å². The number of fused-ring (bicyclic) bond motifs is 3. The fraction of sp³-hybridized carbons (Fsp3) is 0.231. The van der Waals surface area contributed by atoms with Crippen molar-refractivity contribution in [1.29, 1.82) is 0 Å². The van der Waals surface area contributed by atoms with E-state index in [1.807, 2.05) is 50.2 Å². The van der Waals surface area contributed by atoms with E-state index in [1.165, 1.54) is 56.1 Å². The van der Waals surface area contributed by atoms with Gasteiger partial charge in [0.25, 0.3) is 0 Å². The van der Waals surface area contributed by atoms with Crippen molar-refractivity contribution in [2.75, 3.05) is 0 Å². The van der Waals surface area contributed by atoms with Crippen molar-refractivity contribution in [2.24, 2.45) is 0 Å². The number of phenolic OH excluding ortho intramolecular Hbond substituents is 3. The quantitative estimate of drug-likeness (QED) is 0.165. The van der Waals surface area contributed by atoms with Crippen molar-refractivity contribution in [3.05, 3.63) is 197 Å². The molecule has 3 heteroatoms. The summed E-state index contributed by atoms with van der Waals surface area (Å²) in [5.41, 5.74) is 10.9. The molecule has 3 N–H and O–H groups in total. The monoisotopic (exact) mass is 726 g/mol. The summed E-state index contributed by atoms with van der Waals surface area (Å²) in [6, 6.07) is 53.0. The average Bonchev–Trinajstić information content (AvgIpc) is 3.67. The number of benzene rings is 7. The topological polar surface area (TPSA) is 60.7 Å². The van der Waals surface area contributed by atoms with Crippen LogP contribution in [0.3, 0.4) is 0 Å². The summed E-state index contributed by atoms with van der Waals surface area (Å²) in [7, 11) is 0. The molecule has 0 saturated heterocycles. The zero-order valence-electron chi connectivity index (χ0n) is 33.0. The van der Waals surface area contributed by atoms with Gasteiger partial charge in [0.2, 0.25) is 0 Å². The molecule has 7 aromatic carbocycles. The molecule has 0 fully saturated rings. The van der Waals surface area contributed by atoms with Crippen LogP contribution in [0.2, 0.25) is 0 Å². The lowest BCUT2D eigenvalue weighted by atomic mass is 9.68. The van der Waals surface area contributed by atoms with Gasteiger partial charge in [-0.05, 0) is 121 Å². The number of aromatic hydroxyl groups is 3. The minimum Gasteiger partial charge on any atom is -0.508 e. The van der Waals surface area contributed by atoms with Crippen molar-refractivity contribution < 1.29 is 15.3 Å². The van der Waals surface area contributed by atoms with Crippen LogP contribution >= 0.6 is 0 Å². The summed E-state index contributed by atoms with van der Waals surface area (Å²) in [5.74, 6) is 2.45. The highest BCUT2D eigenvalue weighted by atomic mass is 16.3. The Kier molecular flexibility index (Phi) is 12.1. The Morgan fingerprint density at radius 2 is 0.945 bits per heavy atom. The predicted octanol–water partition coefficient (Wildman–Crippen LogP) is 13.8. The third-order valence-corrected chi connectivity index (χ3v) is 11.1.